The van der Waals surface area contributed by atoms with Crippen molar-refractivity contribution in [3.05, 3.63) is 18.0 Å². The Balaban J connectivity index is 0.000000318. The van der Waals surface area contributed by atoms with Gasteiger partial charge in [-0.05, 0) is 49.5 Å². The third-order valence-corrected chi connectivity index (χ3v) is 5.80. The van der Waals surface area contributed by atoms with Crippen LogP contribution < -0.4 is 0 Å². The van der Waals surface area contributed by atoms with Crippen molar-refractivity contribution in [3.8, 4) is 0 Å². The van der Waals surface area contributed by atoms with Gasteiger partial charge in [-0.3, -0.25) is 9.58 Å². The lowest BCUT2D eigenvalue weighted by molar-refractivity contribution is -0.192. The molecule has 3 atom stereocenters. The second-order valence-corrected chi connectivity index (χ2v) is 8.43. The van der Waals surface area contributed by atoms with Crippen LogP contribution in [0, 0.1) is 11.8 Å². The lowest BCUT2D eigenvalue weighted by Gasteiger charge is -2.29. The third kappa shape index (κ3) is 6.95. The first kappa shape index (κ1) is 23.0. The Morgan fingerprint density at radius 3 is 2.57 bits per heavy atom. The zero-order valence-electron chi connectivity index (χ0n) is 17.2. The largest absolute Gasteiger partial charge is 0.490 e. The van der Waals surface area contributed by atoms with E-state index in [0.717, 1.165) is 45.2 Å². The van der Waals surface area contributed by atoms with Gasteiger partial charge >= 0.3 is 12.1 Å². The number of ether oxygens (including phenoxy) is 2. The number of rotatable bonds is 7. The number of hydrogen-bond donors (Lipinski definition) is 1. The van der Waals surface area contributed by atoms with Crippen LogP contribution in [0.2, 0.25) is 0 Å². The van der Waals surface area contributed by atoms with E-state index >= 15 is 0 Å². The van der Waals surface area contributed by atoms with E-state index in [0.29, 0.717) is 18.1 Å². The minimum atomic E-state index is -5.08. The Hall–Kier alpha value is -1.65. The molecule has 1 aromatic heterocycles. The molecule has 1 aromatic rings. The molecule has 1 unspecified atom stereocenters. The van der Waals surface area contributed by atoms with Crippen LogP contribution in [0.4, 0.5) is 13.2 Å². The van der Waals surface area contributed by atoms with Gasteiger partial charge in [0.05, 0.1) is 18.9 Å². The average molecular weight is 433 g/mol. The predicted octanol–water partition coefficient (Wildman–Crippen LogP) is 2.50. The van der Waals surface area contributed by atoms with Gasteiger partial charge in [0, 0.05) is 45.6 Å². The van der Waals surface area contributed by atoms with E-state index in [1.165, 1.54) is 31.2 Å². The van der Waals surface area contributed by atoms with Crippen molar-refractivity contribution in [2.24, 2.45) is 18.9 Å². The molecule has 0 radical (unpaired) electrons. The number of aryl methyl sites for hydroxylation is 1. The zero-order chi connectivity index (χ0) is 21.7. The van der Waals surface area contributed by atoms with Crippen molar-refractivity contribution >= 4 is 5.97 Å². The van der Waals surface area contributed by atoms with Crippen LogP contribution in [0.15, 0.2) is 12.4 Å². The van der Waals surface area contributed by atoms with Gasteiger partial charge in [0.2, 0.25) is 0 Å². The molecule has 1 saturated carbocycles. The summed E-state index contributed by atoms with van der Waals surface area (Å²) in [5.41, 5.74) is 1.33. The van der Waals surface area contributed by atoms with Crippen LogP contribution in [0.3, 0.4) is 0 Å². The van der Waals surface area contributed by atoms with Gasteiger partial charge in [0.15, 0.2) is 0 Å². The normalized spacial score (nSPS) is 27.1. The number of likely N-dealkylation sites (tertiary alicyclic amines) is 1. The lowest BCUT2D eigenvalue weighted by Crippen LogP contribution is -2.41. The lowest BCUT2D eigenvalue weighted by atomic mass is 10.0. The van der Waals surface area contributed by atoms with Crippen molar-refractivity contribution < 1.29 is 32.5 Å². The molecule has 10 heteroatoms. The van der Waals surface area contributed by atoms with Crippen LogP contribution in [0.1, 0.15) is 31.2 Å². The molecule has 3 heterocycles. The Bertz CT molecular complexity index is 687. The van der Waals surface area contributed by atoms with Gasteiger partial charge in [-0.1, -0.05) is 0 Å². The van der Waals surface area contributed by atoms with Crippen molar-refractivity contribution in [2.75, 3.05) is 32.9 Å². The molecule has 1 N–H and O–H groups in total. The highest BCUT2D eigenvalue weighted by molar-refractivity contribution is 5.73. The van der Waals surface area contributed by atoms with Crippen molar-refractivity contribution in [1.29, 1.82) is 0 Å². The molecule has 30 heavy (non-hydrogen) atoms. The van der Waals surface area contributed by atoms with Gasteiger partial charge in [-0.25, -0.2) is 4.79 Å². The summed E-state index contributed by atoms with van der Waals surface area (Å²) in [4.78, 5) is 11.6. The Morgan fingerprint density at radius 2 is 2.03 bits per heavy atom. The molecule has 7 nitrogen and oxygen atoms in total. The highest BCUT2D eigenvalue weighted by Gasteiger charge is 2.38. The predicted molar refractivity (Wildman–Crippen MR) is 102 cm³/mol. The number of alkyl halides is 3. The molecule has 1 aliphatic carbocycles. The molecule has 3 aliphatic rings. The topological polar surface area (TPSA) is 76.8 Å². The Kier molecular flexibility index (Phi) is 7.75. The number of nitrogens with zero attached hydrogens (tertiary/aromatic N) is 3. The van der Waals surface area contributed by atoms with Crippen molar-refractivity contribution in [1.82, 2.24) is 14.7 Å². The minimum Gasteiger partial charge on any atom is -0.475 e. The van der Waals surface area contributed by atoms with E-state index < -0.39 is 12.1 Å². The van der Waals surface area contributed by atoms with Crippen LogP contribution >= 0.6 is 0 Å². The van der Waals surface area contributed by atoms with Crippen molar-refractivity contribution in [3.63, 3.8) is 0 Å². The molecule has 3 fully saturated rings. The quantitative estimate of drug-likeness (QED) is 0.712. The van der Waals surface area contributed by atoms with E-state index in [2.05, 4.69) is 16.2 Å². The van der Waals surface area contributed by atoms with Crippen LogP contribution in [-0.4, -0.2) is 77.0 Å². The summed E-state index contributed by atoms with van der Waals surface area (Å²) in [5.74, 6) is -1.22. The van der Waals surface area contributed by atoms with Crippen LogP contribution in [-0.2, 0) is 27.7 Å². The Labute approximate surface area is 174 Å². The van der Waals surface area contributed by atoms with E-state index in [1.807, 2.05) is 17.9 Å². The first-order valence-electron chi connectivity index (χ1n) is 10.4. The highest BCUT2D eigenvalue weighted by Crippen LogP contribution is 2.32. The van der Waals surface area contributed by atoms with Gasteiger partial charge in [-0.15, -0.1) is 0 Å². The monoisotopic (exact) mass is 433 g/mol. The van der Waals surface area contributed by atoms with Gasteiger partial charge < -0.3 is 14.6 Å². The maximum absolute atomic E-state index is 10.6. The van der Waals surface area contributed by atoms with E-state index in [9.17, 15) is 13.2 Å². The minimum absolute atomic E-state index is 0.387. The third-order valence-electron chi connectivity index (χ3n) is 5.80. The smallest absolute Gasteiger partial charge is 0.475 e. The summed E-state index contributed by atoms with van der Waals surface area (Å²) in [7, 11) is 1.99. The fraction of sp³-hybridized carbons (Fsp3) is 0.800. The van der Waals surface area contributed by atoms with Crippen molar-refractivity contribution in [2.45, 2.75) is 50.4 Å². The molecule has 170 valence electrons. The number of carboxylic acid groups (broad SMARTS) is 1. The number of carboxylic acids is 1. The van der Waals surface area contributed by atoms with Crippen LogP contribution in [0.25, 0.3) is 0 Å². The van der Waals surface area contributed by atoms with E-state index in [1.54, 1.807) is 0 Å². The SMILES string of the molecule is Cn1cc(C[C@H]2[C@@H](OCC3CC3)CCN2CC2CCOC2)cn1.O=C(O)C(F)(F)F. The van der Waals surface area contributed by atoms with Crippen LogP contribution in [0.5, 0.6) is 0 Å². The zero-order valence-corrected chi connectivity index (χ0v) is 17.2. The number of aromatic nitrogens is 2. The fourth-order valence-electron chi connectivity index (χ4n) is 3.99. The molecule has 0 amide bonds. The number of hydrogen-bond acceptors (Lipinski definition) is 5. The van der Waals surface area contributed by atoms with E-state index in [-0.39, 0.29) is 0 Å². The molecule has 0 bridgehead atoms. The first-order valence-corrected chi connectivity index (χ1v) is 10.4. The number of halogens is 3. The first-order chi connectivity index (χ1) is 14.2. The summed E-state index contributed by atoms with van der Waals surface area (Å²) in [6, 6.07) is 0.499. The fourth-order valence-corrected chi connectivity index (χ4v) is 3.99. The van der Waals surface area contributed by atoms with Gasteiger partial charge in [0.25, 0.3) is 0 Å². The molecular weight excluding hydrogens is 403 g/mol. The molecule has 2 saturated heterocycles. The second-order valence-electron chi connectivity index (χ2n) is 8.43. The maximum atomic E-state index is 10.6. The molecule has 0 aromatic carbocycles. The second kappa shape index (κ2) is 10.1. The summed E-state index contributed by atoms with van der Waals surface area (Å²) >= 11 is 0. The highest BCUT2D eigenvalue weighted by atomic mass is 19.4. The molecular formula is C20H30F3N3O4. The summed E-state index contributed by atoms with van der Waals surface area (Å²) < 4.78 is 45.5. The summed E-state index contributed by atoms with van der Waals surface area (Å²) in [6.07, 6.45) is 5.62. The Morgan fingerprint density at radius 1 is 1.30 bits per heavy atom. The average Bonchev–Trinajstić information content (AvgIpc) is 3.02. The number of aliphatic carboxylic acids is 1. The molecule has 0 spiro atoms. The summed E-state index contributed by atoms with van der Waals surface area (Å²) in [5, 5.41) is 11.5. The van der Waals surface area contributed by atoms with E-state index in [4.69, 9.17) is 19.4 Å². The molecule has 2 aliphatic heterocycles. The molecule has 4 rings (SSSR count). The standard InChI is InChI=1S/C18H29N3O2.C2HF3O2/c1-20-10-16(9-19-20)8-17-18(23-13-14-2-3-14)4-6-21(17)11-15-5-7-22-12-15;3-2(4,5)1(6)7/h9-10,14-15,17-18H,2-8,11-13H2,1H3;(H,6,7)/t15?,17-,18-;/m0./s1. The van der Waals surface area contributed by atoms with Gasteiger partial charge in [0.1, 0.15) is 0 Å². The maximum Gasteiger partial charge on any atom is 0.490 e. The van der Waals surface area contributed by atoms with Gasteiger partial charge in [-0.2, -0.15) is 18.3 Å². The summed E-state index contributed by atoms with van der Waals surface area (Å²) in [6.45, 7) is 5.16. The number of carbonyl (C=O) groups is 1.